The van der Waals surface area contributed by atoms with E-state index in [1.54, 1.807) is 0 Å². The first-order valence-electron chi connectivity index (χ1n) is 3.74. The largest absolute Gasteiger partial charge is 0.355 e. The lowest BCUT2D eigenvalue weighted by atomic mass is 10.5. The summed E-state index contributed by atoms with van der Waals surface area (Å²) >= 11 is 0. The number of carbonyl (C=O) groups excluding carboxylic acids is 1. The van der Waals surface area contributed by atoms with Crippen molar-refractivity contribution in [3.05, 3.63) is 22.9 Å². The van der Waals surface area contributed by atoms with Crippen LogP contribution in [0.4, 0.5) is 0 Å². The molecule has 0 unspecified atom stereocenters. The number of hydrogen-bond donors (Lipinski definition) is 2. The van der Waals surface area contributed by atoms with Crippen LogP contribution in [0.1, 0.15) is 6.92 Å². The molecule has 1 amide bonds. The van der Waals surface area contributed by atoms with Gasteiger partial charge in [0.2, 0.25) is 5.91 Å². The van der Waals surface area contributed by atoms with E-state index < -0.39 is 0 Å². The van der Waals surface area contributed by atoms with Crippen molar-refractivity contribution in [1.82, 2.24) is 14.9 Å². The van der Waals surface area contributed by atoms with Gasteiger partial charge < -0.3 is 10.3 Å². The molecule has 0 aliphatic carbocycles. The van der Waals surface area contributed by atoms with Crippen LogP contribution in [0.3, 0.4) is 0 Å². The maximum absolute atomic E-state index is 11.0. The van der Waals surface area contributed by atoms with Gasteiger partial charge in [-0.05, 0) is 6.92 Å². The van der Waals surface area contributed by atoms with Crippen molar-refractivity contribution in [3.8, 4) is 0 Å². The Kier molecular flexibility index (Phi) is 2.68. The van der Waals surface area contributed by atoms with Crippen molar-refractivity contribution >= 4 is 5.91 Å². The summed E-state index contributed by atoms with van der Waals surface area (Å²) < 4.78 is 1.31. The van der Waals surface area contributed by atoms with E-state index in [1.165, 1.54) is 17.0 Å². The zero-order valence-electron chi connectivity index (χ0n) is 6.83. The lowest BCUT2D eigenvalue weighted by Gasteiger charge is -2.00. The summed E-state index contributed by atoms with van der Waals surface area (Å²) in [6, 6.07) is 0. The van der Waals surface area contributed by atoms with Gasteiger partial charge in [0.15, 0.2) is 0 Å². The lowest BCUT2D eigenvalue weighted by molar-refractivity contribution is -0.121. The summed E-state index contributed by atoms with van der Waals surface area (Å²) in [7, 11) is 0. The van der Waals surface area contributed by atoms with Crippen LogP contribution in [-0.4, -0.2) is 22.0 Å². The van der Waals surface area contributed by atoms with Gasteiger partial charge in [0.05, 0.1) is 0 Å². The first-order chi connectivity index (χ1) is 5.74. The third-order valence-electron chi connectivity index (χ3n) is 1.41. The number of nitrogens with one attached hydrogen (secondary N) is 2. The molecule has 1 rings (SSSR count). The smallest absolute Gasteiger partial charge is 0.325 e. The van der Waals surface area contributed by atoms with Gasteiger partial charge in [-0.25, -0.2) is 4.79 Å². The van der Waals surface area contributed by atoms with E-state index in [9.17, 15) is 9.59 Å². The van der Waals surface area contributed by atoms with E-state index in [2.05, 4.69) is 10.3 Å². The van der Waals surface area contributed by atoms with Gasteiger partial charge in [-0.15, -0.1) is 0 Å². The zero-order chi connectivity index (χ0) is 8.97. The molecule has 0 atom stereocenters. The number of aromatic amines is 1. The van der Waals surface area contributed by atoms with Crippen LogP contribution in [0.2, 0.25) is 0 Å². The summed E-state index contributed by atoms with van der Waals surface area (Å²) in [4.78, 5) is 24.3. The fourth-order valence-corrected chi connectivity index (χ4v) is 0.881. The third-order valence-corrected chi connectivity index (χ3v) is 1.41. The van der Waals surface area contributed by atoms with Gasteiger partial charge in [-0.1, -0.05) is 0 Å². The predicted molar refractivity (Wildman–Crippen MR) is 43.7 cm³/mol. The fraction of sp³-hybridized carbons (Fsp3) is 0.429. The SMILES string of the molecule is CCNC(=O)Cn1cc[nH]c1=O. The molecule has 66 valence electrons. The zero-order valence-corrected chi connectivity index (χ0v) is 6.83. The van der Waals surface area contributed by atoms with Gasteiger partial charge >= 0.3 is 5.69 Å². The molecule has 0 fully saturated rings. The highest BCUT2D eigenvalue weighted by Crippen LogP contribution is 1.78. The molecule has 0 spiro atoms. The Morgan fingerprint density at radius 1 is 1.75 bits per heavy atom. The predicted octanol–water partition coefficient (Wildman–Crippen LogP) is -0.688. The Bertz CT molecular complexity index is 312. The summed E-state index contributed by atoms with van der Waals surface area (Å²) in [6.07, 6.45) is 3.04. The molecule has 12 heavy (non-hydrogen) atoms. The molecule has 5 heteroatoms. The van der Waals surface area contributed by atoms with Crippen LogP contribution < -0.4 is 11.0 Å². The Morgan fingerprint density at radius 2 is 2.50 bits per heavy atom. The van der Waals surface area contributed by atoms with Gasteiger partial charge in [-0.3, -0.25) is 9.36 Å². The molecule has 0 bridgehead atoms. The Hall–Kier alpha value is -1.52. The number of likely N-dealkylation sites (N-methyl/N-ethyl adjacent to an activating group) is 1. The second kappa shape index (κ2) is 3.75. The molecule has 2 N–H and O–H groups in total. The Morgan fingerprint density at radius 3 is 3.00 bits per heavy atom. The summed E-state index contributed by atoms with van der Waals surface area (Å²) in [5.41, 5.74) is -0.263. The average Bonchev–Trinajstić information content (AvgIpc) is 2.37. The third kappa shape index (κ3) is 1.98. The monoisotopic (exact) mass is 169 g/mol. The van der Waals surface area contributed by atoms with E-state index in [4.69, 9.17) is 0 Å². The van der Waals surface area contributed by atoms with Gasteiger partial charge in [0, 0.05) is 18.9 Å². The number of nitrogens with zero attached hydrogens (tertiary/aromatic N) is 1. The molecule has 5 nitrogen and oxygen atoms in total. The van der Waals surface area contributed by atoms with E-state index in [1.807, 2.05) is 6.92 Å². The minimum Gasteiger partial charge on any atom is -0.355 e. The van der Waals surface area contributed by atoms with Crippen molar-refractivity contribution in [1.29, 1.82) is 0 Å². The van der Waals surface area contributed by atoms with Crippen molar-refractivity contribution in [3.63, 3.8) is 0 Å². The molecule has 0 aliphatic rings. The molecule has 0 aliphatic heterocycles. The van der Waals surface area contributed by atoms with E-state index in [0.717, 1.165) is 0 Å². The van der Waals surface area contributed by atoms with E-state index in [-0.39, 0.29) is 18.1 Å². The highest BCUT2D eigenvalue weighted by Gasteiger charge is 2.01. The topological polar surface area (TPSA) is 66.9 Å². The number of rotatable bonds is 3. The normalized spacial score (nSPS) is 9.75. The van der Waals surface area contributed by atoms with Crippen LogP contribution in [0.15, 0.2) is 17.2 Å². The quantitative estimate of drug-likeness (QED) is 0.629. The molecule has 0 saturated heterocycles. The molecule has 0 aromatic carbocycles. The first-order valence-corrected chi connectivity index (χ1v) is 3.74. The van der Waals surface area contributed by atoms with Crippen LogP contribution in [0.5, 0.6) is 0 Å². The molecule has 1 heterocycles. The molecule has 0 saturated carbocycles. The molecular weight excluding hydrogens is 158 g/mol. The van der Waals surface area contributed by atoms with E-state index >= 15 is 0 Å². The molecule has 1 aromatic heterocycles. The summed E-state index contributed by atoms with van der Waals surface area (Å²) in [5, 5.41) is 2.60. The Labute approximate surface area is 69.4 Å². The minimum absolute atomic E-state index is 0.0795. The molecular formula is C7H11N3O2. The highest BCUT2D eigenvalue weighted by molar-refractivity contribution is 5.75. The molecule has 0 radical (unpaired) electrons. The second-order valence-corrected chi connectivity index (χ2v) is 2.35. The lowest BCUT2D eigenvalue weighted by Crippen LogP contribution is -2.30. The summed E-state index contributed by atoms with van der Waals surface area (Å²) in [6.45, 7) is 2.49. The van der Waals surface area contributed by atoms with Crippen molar-refractivity contribution < 1.29 is 4.79 Å². The minimum atomic E-state index is -0.263. The van der Waals surface area contributed by atoms with Crippen molar-refractivity contribution in [2.24, 2.45) is 0 Å². The summed E-state index contributed by atoms with van der Waals surface area (Å²) in [5.74, 6) is -0.154. The highest BCUT2D eigenvalue weighted by atomic mass is 16.2. The van der Waals surface area contributed by atoms with Gasteiger partial charge in [0.25, 0.3) is 0 Å². The standard InChI is InChI=1S/C7H11N3O2/c1-2-8-6(11)5-10-4-3-9-7(10)12/h3-4H,2,5H2,1H3,(H,8,11)(H,9,12). The average molecular weight is 169 g/mol. The maximum atomic E-state index is 11.0. The van der Waals surface area contributed by atoms with Crippen LogP contribution in [0.25, 0.3) is 0 Å². The number of carbonyl (C=O) groups is 1. The maximum Gasteiger partial charge on any atom is 0.325 e. The van der Waals surface area contributed by atoms with E-state index in [0.29, 0.717) is 6.54 Å². The van der Waals surface area contributed by atoms with Crippen LogP contribution in [-0.2, 0) is 11.3 Å². The van der Waals surface area contributed by atoms with Gasteiger partial charge in [0.1, 0.15) is 6.54 Å². The molecule has 1 aromatic rings. The number of H-pyrrole nitrogens is 1. The van der Waals surface area contributed by atoms with Crippen LogP contribution >= 0.6 is 0 Å². The number of hydrogen-bond acceptors (Lipinski definition) is 2. The second-order valence-electron chi connectivity index (χ2n) is 2.35. The van der Waals surface area contributed by atoms with Gasteiger partial charge in [-0.2, -0.15) is 0 Å². The van der Waals surface area contributed by atoms with Crippen molar-refractivity contribution in [2.75, 3.05) is 6.54 Å². The van der Waals surface area contributed by atoms with Crippen LogP contribution in [0, 0.1) is 0 Å². The fourth-order valence-electron chi connectivity index (χ4n) is 0.881. The van der Waals surface area contributed by atoms with Crippen molar-refractivity contribution in [2.45, 2.75) is 13.5 Å². The first kappa shape index (κ1) is 8.58. The number of amides is 1. The number of aromatic nitrogens is 2. The Balaban J connectivity index is 2.58. The number of imidazole rings is 1.